The first-order valence-corrected chi connectivity index (χ1v) is 6.04. The molecule has 0 bridgehead atoms. The first-order valence-electron chi connectivity index (χ1n) is 5.64. The summed E-state index contributed by atoms with van der Waals surface area (Å²) in [7, 11) is 1.78. The molecule has 0 amide bonds. The van der Waals surface area contributed by atoms with Gasteiger partial charge in [-0.2, -0.15) is 0 Å². The third-order valence-electron chi connectivity index (χ3n) is 3.68. The fraction of sp³-hybridized carbons (Fsp3) is 0.909. The zero-order chi connectivity index (χ0) is 11.1. The highest BCUT2D eigenvalue weighted by atomic mass is 32.1. The summed E-state index contributed by atoms with van der Waals surface area (Å²) in [6.45, 7) is 4.45. The van der Waals surface area contributed by atoms with Crippen LogP contribution < -0.4 is 10.6 Å². The molecule has 0 radical (unpaired) electrons. The quantitative estimate of drug-likeness (QED) is 0.716. The molecule has 2 fully saturated rings. The SMILES string of the molecule is COC1CC(NC(=S)NC2CC2)C1(C)C. The Morgan fingerprint density at radius 2 is 2.00 bits per heavy atom. The predicted octanol–water partition coefficient (Wildman–Crippen LogP) is 1.43. The number of ether oxygens (including phenoxy) is 1. The molecule has 2 aliphatic carbocycles. The maximum atomic E-state index is 5.40. The maximum Gasteiger partial charge on any atom is 0.166 e. The van der Waals surface area contributed by atoms with Crippen LogP contribution in [0.2, 0.25) is 0 Å². The molecule has 0 aliphatic heterocycles. The third-order valence-corrected chi connectivity index (χ3v) is 3.92. The molecule has 0 aromatic carbocycles. The average molecular weight is 228 g/mol. The highest BCUT2D eigenvalue weighted by molar-refractivity contribution is 7.80. The van der Waals surface area contributed by atoms with Crippen LogP contribution in [0.1, 0.15) is 33.1 Å². The Labute approximate surface area is 96.9 Å². The first-order chi connectivity index (χ1) is 7.04. The van der Waals surface area contributed by atoms with Crippen LogP contribution in [0.3, 0.4) is 0 Å². The lowest BCUT2D eigenvalue weighted by Gasteiger charge is -2.51. The molecule has 2 saturated carbocycles. The van der Waals surface area contributed by atoms with Gasteiger partial charge in [-0.3, -0.25) is 0 Å². The van der Waals surface area contributed by atoms with Gasteiger partial charge in [-0.05, 0) is 31.5 Å². The maximum absolute atomic E-state index is 5.40. The average Bonchev–Trinajstić information content (AvgIpc) is 2.95. The highest BCUT2D eigenvalue weighted by Crippen LogP contribution is 2.42. The van der Waals surface area contributed by atoms with E-state index in [-0.39, 0.29) is 5.41 Å². The number of rotatable bonds is 3. The Bertz CT molecular complexity index is 263. The normalized spacial score (nSPS) is 33.0. The van der Waals surface area contributed by atoms with Crippen LogP contribution in [0.25, 0.3) is 0 Å². The van der Waals surface area contributed by atoms with Gasteiger partial charge in [0.1, 0.15) is 0 Å². The van der Waals surface area contributed by atoms with Gasteiger partial charge in [0.2, 0.25) is 0 Å². The number of methoxy groups -OCH3 is 1. The number of hydrogen-bond donors (Lipinski definition) is 2. The van der Waals surface area contributed by atoms with Gasteiger partial charge in [0.25, 0.3) is 0 Å². The van der Waals surface area contributed by atoms with Gasteiger partial charge in [0.05, 0.1) is 6.10 Å². The van der Waals surface area contributed by atoms with Crippen LogP contribution in [-0.4, -0.2) is 30.4 Å². The van der Waals surface area contributed by atoms with Crippen LogP contribution in [0, 0.1) is 5.41 Å². The van der Waals surface area contributed by atoms with Crippen LogP contribution in [0.4, 0.5) is 0 Å². The Hall–Kier alpha value is -0.350. The lowest BCUT2D eigenvalue weighted by Crippen LogP contribution is -2.63. The highest BCUT2D eigenvalue weighted by Gasteiger charge is 2.48. The Balaban J connectivity index is 1.78. The van der Waals surface area contributed by atoms with Crippen LogP contribution in [-0.2, 0) is 4.74 Å². The third kappa shape index (κ3) is 2.26. The summed E-state index contributed by atoms with van der Waals surface area (Å²) in [5, 5.41) is 7.50. The molecule has 2 aliphatic rings. The smallest absolute Gasteiger partial charge is 0.166 e. The van der Waals surface area contributed by atoms with Gasteiger partial charge in [-0.15, -0.1) is 0 Å². The van der Waals surface area contributed by atoms with Crippen molar-refractivity contribution in [2.24, 2.45) is 5.41 Å². The van der Waals surface area contributed by atoms with Crippen molar-refractivity contribution < 1.29 is 4.74 Å². The molecule has 3 nitrogen and oxygen atoms in total. The van der Waals surface area contributed by atoms with E-state index in [0.717, 1.165) is 11.5 Å². The van der Waals surface area contributed by atoms with E-state index in [2.05, 4.69) is 24.5 Å². The lowest BCUT2D eigenvalue weighted by molar-refractivity contribution is -0.0920. The van der Waals surface area contributed by atoms with Crippen molar-refractivity contribution in [1.82, 2.24) is 10.6 Å². The summed E-state index contributed by atoms with van der Waals surface area (Å²) in [6, 6.07) is 1.08. The summed E-state index contributed by atoms with van der Waals surface area (Å²) < 4.78 is 5.40. The Morgan fingerprint density at radius 1 is 1.33 bits per heavy atom. The molecule has 15 heavy (non-hydrogen) atoms. The zero-order valence-corrected chi connectivity index (χ0v) is 10.5. The van der Waals surface area contributed by atoms with Crippen molar-refractivity contribution in [1.29, 1.82) is 0 Å². The lowest BCUT2D eigenvalue weighted by atomic mass is 9.64. The minimum absolute atomic E-state index is 0.185. The summed E-state index contributed by atoms with van der Waals surface area (Å²) in [5.41, 5.74) is 0.185. The van der Waals surface area contributed by atoms with Gasteiger partial charge in [-0.1, -0.05) is 13.8 Å². The topological polar surface area (TPSA) is 33.3 Å². The van der Waals surface area contributed by atoms with Crippen molar-refractivity contribution in [2.45, 2.75) is 51.3 Å². The van der Waals surface area contributed by atoms with E-state index in [0.29, 0.717) is 18.2 Å². The second kappa shape index (κ2) is 3.91. The fourth-order valence-corrected chi connectivity index (χ4v) is 2.45. The van der Waals surface area contributed by atoms with E-state index in [1.807, 2.05) is 0 Å². The van der Waals surface area contributed by atoms with Gasteiger partial charge in [-0.25, -0.2) is 0 Å². The number of hydrogen-bond acceptors (Lipinski definition) is 2. The van der Waals surface area contributed by atoms with Gasteiger partial charge >= 0.3 is 0 Å². The molecule has 0 heterocycles. The van der Waals surface area contributed by atoms with E-state index in [4.69, 9.17) is 17.0 Å². The molecular weight excluding hydrogens is 208 g/mol. The minimum Gasteiger partial charge on any atom is -0.381 e. The second-order valence-corrected chi connectivity index (χ2v) is 5.63. The largest absolute Gasteiger partial charge is 0.381 e. The molecule has 2 N–H and O–H groups in total. The molecule has 0 aromatic heterocycles. The van der Waals surface area contributed by atoms with Crippen molar-refractivity contribution in [3.8, 4) is 0 Å². The van der Waals surface area contributed by atoms with Crippen LogP contribution >= 0.6 is 12.2 Å². The minimum atomic E-state index is 0.185. The summed E-state index contributed by atoms with van der Waals surface area (Å²) in [5.74, 6) is 0. The van der Waals surface area contributed by atoms with E-state index in [1.165, 1.54) is 12.8 Å². The van der Waals surface area contributed by atoms with E-state index in [1.54, 1.807) is 7.11 Å². The molecule has 2 rings (SSSR count). The summed E-state index contributed by atoms with van der Waals surface area (Å²) >= 11 is 5.26. The van der Waals surface area contributed by atoms with E-state index in [9.17, 15) is 0 Å². The summed E-state index contributed by atoms with van der Waals surface area (Å²) in [4.78, 5) is 0. The monoisotopic (exact) mass is 228 g/mol. The van der Waals surface area contributed by atoms with Crippen molar-refractivity contribution in [2.75, 3.05) is 7.11 Å². The van der Waals surface area contributed by atoms with Gasteiger partial charge < -0.3 is 15.4 Å². The molecule has 0 spiro atoms. The van der Waals surface area contributed by atoms with Crippen molar-refractivity contribution in [3.05, 3.63) is 0 Å². The predicted molar refractivity (Wildman–Crippen MR) is 64.9 cm³/mol. The van der Waals surface area contributed by atoms with E-state index < -0.39 is 0 Å². The van der Waals surface area contributed by atoms with Crippen molar-refractivity contribution >= 4 is 17.3 Å². The first kappa shape index (κ1) is 11.1. The molecular formula is C11H20N2OS. The fourth-order valence-electron chi connectivity index (χ4n) is 2.14. The molecule has 0 saturated heterocycles. The Morgan fingerprint density at radius 3 is 2.47 bits per heavy atom. The van der Waals surface area contributed by atoms with Crippen molar-refractivity contribution in [3.63, 3.8) is 0 Å². The number of nitrogens with one attached hydrogen (secondary N) is 2. The van der Waals surface area contributed by atoms with E-state index >= 15 is 0 Å². The van der Waals surface area contributed by atoms with Crippen LogP contribution in [0.15, 0.2) is 0 Å². The van der Waals surface area contributed by atoms with Crippen LogP contribution in [0.5, 0.6) is 0 Å². The number of thiocarbonyl (C=S) groups is 1. The standard InChI is InChI=1S/C11H20N2OS/c1-11(2)8(6-9(11)14-3)13-10(15)12-7-4-5-7/h7-9H,4-6H2,1-3H3,(H2,12,13,15). The second-order valence-electron chi connectivity index (χ2n) is 5.23. The van der Waals surface area contributed by atoms with Gasteiger partial charge in [0.15, 0.2) is 5.11 Å². The van der Waals surface area contributed by atoms with Gasteiger partial charge in [0, 0.05) is 24.6 Å². The Kier molecular flexibility index (Phi) is 2.90. The molecule has 2 atom stereocenters. The molecule has 2 unspecified atom stereocenters. The molecule has 86 valence electrons. The zero-order valence-electron chi connectivity index (χ0n) is 9.67. The summed E-state index contributed by atoms with van der Waals surface area (Å²) in [6.07, 6.45) is 3.93. The molecule has 0 aromatic rings. The molecule has 4 heteroatoms.